The third-order valence-electron chi connectivity index (χ3n) is 3.82. The molecule has 0 bridgehead atoms. The number of guanidine groups is 1. The first-order chi connectivity index (χ1) is 10.9. The van der Waals surface area contributed by atoms with E-state index in [-0.39, 0.29) is 0 Å². The zero-order chi connectivity index (χ0) is 15.5. The van der Waals surface area contributed by atoms with E-state index in [2.05, 4.69) is 22.5 Å². The van der Waals surface area contributed by atoms with Crippen molar-refractivity contribution in [3.63, 3.8) is 0 Å². The second kappa shape index (κ2) is 10.3. The largest absolute Gasteiger partial charge is 0.469 e. The van der Waals surface area contributed by atoms with E-state index < -0.39 is 0 Å². The van der Waals surface area contributed by atoms with Gasteiger partial charge in [-0.25, -0.2) is 0 Å². The van der Waals surface area contributed by atoms with Crippen molar-refractivity contribution < 1.29 is 9.15 Å². The van der Waals surface area contributed by atoms with Crippen LogP contribution in [0, 0.1) is 0 Å². The number of furan rings is 1. The van der Waals surface area contributed by atoms with Crippen LogP contribution in [0.5, 0.6) is 0 Å². The Morgan fingerprint density at radius 3 is 3.05 bits per heavy atom. The van der Waals surface area contributed by atoms with Gasteiger partial charge in [-0.15, -0.1) is 0 Å². The van der Waals surface area contributed by atoms with Gasteiger partial charge >= 0.3 is 0 Å². The highest BCUT2D eigenvalue weighted by Crippen LogP contribution is 2.16. The topological polar surface area (TPSA) is 58.8 Å². The maximum atomic E-state index is 5.75. The highest BCUT2D eigenvalue weighted by molar-refractivity contribution is 5.79. The summed E-state index contributed by atoms with van der Waals surface area (Å²) in [7, 11) is 0. The smallest absolute Gasteiger partial charge is 0.191 e. The lowest BCUT2D eigenvalue weighted by Gasteiger charge is -2.22. The summed E-state index contributed by atoms with van der Waals surface area (Å²) in [6.07, 6.45) is 8.98. The van der Waals surface area contributed by atoms with Gasteiger partial charge in [-0.2, -0.15) is 0 Å². The number of rotatable bonds is 8. The number of aliphatic imine (C=N–C) groups is 1. The van der Waals surface area contributed by atoms with E-state index in [1.54, 1.807) is 6.26 Å². The van der Waals surface area contributed by atoms with Crippen molar-refractivity contribution in [2.45, 2.75) is 51.6 Å². The van der Waals surface area contributed by atoms with Crippen LogP contribution in [0.3, 0.4) is 0 Å². The molecule has 2 heterocycles. The summed E-state index contributed by atoms with van der Waals surface area (Å²) in [6, 6.07) is 3.91. The molecule has 0 amide bonds. The van der Waals surface area contributed by atoms with E-state index in [4.69, 9.17) is 9.15 Å². The third kappa shape index (κ3) is 6.52. The van der Waals surface area contributed by atoms with E-state index in [1.165, 1.54) is 19.3 Å². The van der Waals surface area contributed by atoms with Gasteiger partial charge in [0.15, 0.2) is 5.96 Å². The molecule has 22 heavy (non-hydrogen) atoms. The van der Waals surface area contributed by atoms with Gasteiger partial charge < -0.3 is 19.8 Å². The molecule has 0 aromatic carbocycles. The molecule has 1 aliphatic heterocycles. The predicted octanol–water partition coefficient (Wildman–Crippen LogP) is 2.73. The maximum Gasteiger partial charge on any atom is 0.191 e. The van der Waals surface area contributed by atoms with Crippen LogP contribution < -0.4 is 10.6 Å². The molecule has 1 aromatic heterocycles. The standard InChI is InChI=1S/C17H29N3O2/c1-2-18-17(20-12-10-16-9-6-14-22-16)19-11-5-8-15-7-3-4-13-21-15/h6,9,14-15H,2-5,7-8,10-13H2,1H3,(H2,18,19,20). The first-order valence-electron chi connectivity index (χ1n) is 8.54. The molecule has 0 radical (unpaired) electrons. The van der Waals surface area contributed by atoms with Crippen molar-refractivity contribution in [2.24, 2.45) is 4.99 Å². The second-order valence-electron chi connectivity index (χ2n) is 5.65. The van der Waals surface area contributed by atoms with Crippen molar-refractivity contribution in [3.05, 3.63) is 24.2 Å². The summed E-state index contributed by atoms with van der Waals surface area (Å²) in [6.45, 7) is 5.56. The lowest BCUT2D eigenvalue weighted by atomic mass is 10.1. The number of hydrogen-bond donors (Lipinski definition) is 2. The van der Waals surface area contributed by atoms with Crippen LogP contribution in [0.2, 0.25) is 0 Å². The second-order valence-corrected chi connectivity index (χ2v) is 5.65. The highest BCUT2D eigenvalue weighted by Gasteiger charge is 2.12. The quantitative estimate of drug-likeness (QED) is 0.440. The van der Waals surface area contributed by atoms with Gasteiger partial charge in [0, 0.05) is 32.7 Å². The normalized spacial score (nSPS) is 19.1. The SMILES string of the molecule is CCNC(=NCCCC1CCCCO1)NCCc1ccco1. The number of nitrogens with zero attached hydrogens (tertiary/aromatic N) is 1. The molecule has 1 unspecified atom stereocenters. The molecule has 1 atom stereocenters. The molecular weight excluding hydrogens is 278 g/mol. The number of hydrogen-bond acceptors (Lipinski definition) is 3. The minimum Gasteiger partial charge on any atom is -0.469 e. The summed E-state index contributed by atoms with van der Waals surface area (Å²) < 4.78 is 11.1. The Labute approximate surface area is 133 Å². The van der Waals surface area contributed by atoms with E-state index >= 15 is 0 Å². The van der Waals surface area contributed by atoms with Crippen molar-refractivity contribution in [1.82, 2.24) is 10.6 Å². The average molecular weight is 307 g/mol. The van der Waals surface area contributed by atoms with Gasteiger partial charge in [-0.1, -0.05) is 0 Å². The Balaban J connectivity index is 1.62. The van der Waals surface area contributed by atoms with Gasteiger partial charge in [-0.05, 0) is 51.2 Å². The Bertz CT molecular complexity index is 412. The first kappa shape index (κ1) is 16.9. The molecule has 1 fully saturated rings. The molecule has 1 aromatic rings. The van der Waals surface area contributed by atoms with Crippen molar-refractivity contribution in [1.29, 1.82) is 0 Å². The zero-order valence-corrected chi connectivity index (χ0v) is 13.6. The molecule has 2 rings (SSSR count). The molecular formula is C17H29N3O2. The molecule has 5 heteroatoms. The fourth-order valence-corrected chi connectivity index (χ4v) is 2.65. The van der Waals surface area contributed by atoms with Crippen LogP contribution in [-0.2, 0) is 11.2 Å². The maximum absolute atomic E-state index is 5.75. The van der Waals surface area contributed by atoms with Crippen molar-refractivity contribution in [3.8, 4) is 0 Å². The molecule has 2 N–H and O–H groups in total. The summed E-state index contributed by atoms with van der Waals surface area (Å²) in [5.74, 6) is 1.89. The van der Waals surface area contributed by atoms with Crippen LogP contribution in [0.1, 0.15) is 44.8 Å². The van der Waals surface area contributed by atoms with Crippen LogP contribution in [0.4, 0.5) is 0 Å². The summed E-state index contributed by atoms with van der Waals surface area (Å²) >= 11 is 0. The van der Waals surface area contributed by atoms with E-state index in [9.17, 15) is 0 Å². The molecule has 0 saturated carbocycles. The lowest BCUT2D eigenvalue weighted by molar-refractivity contribution is 0.0105. The average Bonchev–Trinajstić information content (AvgIpc) is 3.06. The number of nitrogens with one attached hydrogen (secondary N) is 2. The molecule has 1 saturated heterocycles. The fourth-order valence-electron chi connectivity index (χ4n) is 2.65. The lowest BCUT2D eigenvalue weighted by Crippen LogP contribution is -2.38. The van der Waals surface area contributed by atoms with E-state index in [1.807, 2.05) is 12.1 Å². The van der Waals surface area contributed by atoms with Gasteiger partial charge in [0.25, 0.3) is 0 Å². The number of ether oxygens (including phenoxy) is 1. The van der Waals surface area contributed by atoms with Gasteiger partial charge in [0.1, 0.15) is 5.76 Å². The summed E-state index contributed by atoms with van der Waals surface area (Å²) in [5, 5.41) is 6.62. The van der Waals surface area contributed by atoms with Gasteiger partial charge in [0.05, 0.1) is 12.4 Å². The van der Waals surface area contributed by atoms with E-state index in [0.29, 0.717) is 6.10 Å². The predicted molar refractivity (Wildman–Crippen MR) is 89.2 cm³/mol. The van der Waals surface area contributed by atoms with Crippen LogP contribution >= 0.6 is 0 Å². The summed E-state index contributed by atoms with van der Waals surface area (Å²) in [5.41, 5.74) is 0. The molecule has 0 aliphatic carbocycles. The Morgan fingerprint density at radius 1 is 1.36 bits per heavy atom. The molecule has 124 valence electrons. The Kier molecular flexibility index (Phi) is 7.88. The first-order valence-corrected chi connectivity index (χ1v) is 8.54. The van der Waals surface area contributed by atoms with Gasteiger partial charge in [-0.3, -0.25) is 4.99 Å². The monoisotopic (exact) mass is 307 g/mol. The molecule has 0 spiro atoms. The Morgan fingerprint density at radius 2 is 2.32 bits per heavy atom. The van der Waals surface area contributed by atoms with Crippen molar-refractivity contribution >= 4 is 5.96 Å². The van der Waals surface area contributed by atoms with Crippen molar-refractivity contribution in [2.75, 3.05) is 26.2 Å². The Hall–Kier alpha value is -1.49. The van der Waals surface area contributed by atoms with Crippen LogP contribution in [0.25, 0.3) is 0 Å². The summed E-state index contributed by atoms with van der Waals surface area (Å²) in [4.78, 5) is 4.62. The fraction of sp³-hybridized carbons (Fsp3) is 0.706. The highest BCUT2D eigenvalue weighted by atomic mass is 16.5. The molecule has 1 aliphatic rings. The van der Waals surface area contributed by atoms with E-state index in [0.717, 1.165) is 57.2 Å². The van der Waals surface area contributed by atoms with Gasteiger partial charge in [0.2, 0.25) is 0 Å². The third-order valence-corrected chi connectivity index (χ3v) is 3.82. The van der Waals surface area contributed by atoms with Crippen LogP contribution in [0.15, 0.2) is 27.8 Å². The minimum absolute atomic E-state index is 0.457. The minimum atomic E-state index is 0.457. The zero-order valence-electron chi connectivity index (χ0n) is 13.6. The van der Waals surface area contributed by atoms with Crippen LogP contribution in [-0.4, -0.2) is 38.3 Å². The molecule has 5 nitrogen and oxygen atoms in total.